The minimum absolute atomic E-state index is 0.112. The first-order valence-electron chi connectivity index (χ1n) is 7.09. The summed E-state index contributed by atoms with van der Waals surface area (Å²) in [4.78, 5) is 16.0. The topological polar surface area (TPSA) is 30.0 Å². The third-order valence-corrected chi connectivity index (χ3v) is 5.89. The third kappa shape index (κ3) is 3.55. The van der Waals surface area contributed by atoms with Gasteiger partial charge in [0.1, 0.15) is 5.69 Å². The molecule has 2 aromatic carbocycles. The van der Waals surface area contributed by atoms with Crippen molar-refractivity contribution in [2.45, 2.75) is 0 Å². The van der Waals surface area contributed by atoms with E-state index in [1.54, 1.807) is 36.4 Å². The van der Waals surface area contributed by atoms with E-state index in [0.717, 1.165) is 0 Å². The molecule has 3 aromatic rings. The van der Waals surface area contributed by atoms with Crippen molar-refractivity contribution in [2.75, 3.05) is 0 Å². The standard InChI is InChI=1S/C18H7Cl6NO/c19-9-2-4-11(21)17(23)15(9)8-1-6-13(25-14(8)7-26)16-10(20)3-5-12(22)18(16)24/h1-7H. The lowest BCUT2D eigenvalue weighted by atomic mass is 10.0. The van der Waals surface area contributed by atoms with Crippen LogP contribution < -0.4 is 0 Å². The number of benzene rings is 2. The van der Waals surface area contributed by atoms with Gasteiger partial charge in [0.2, 0.25) is 0 Å². The number of carbonyl (C=O) groups excluding carboxylic acids is 1. The summed E-state index contributed by atoms with van der Waals surface area (Å²) in [7, 11) is 0. The van der Waals surface area contributed by atoms with Crippen molar-refractivity contribution in [3.8, 4) is 22.4 Å². The highest BCUT2D eigenvalue weighted by molar-refractivity contribution is 6.47. The second-order valence-electron chi connectivity index (χ2n) is 5.18. The van der Waals surface area contributed by atoms with E-state index in [9.17, 15) is 4.79 Å². The molecule has 0 bridgehead atoms. The van der Waals surface area contributed by atoms with Crippen LogP contribution in [0.2, 0.25) is 30.1 Å². The van der Waals surface area contributed by atoms with E-state index in [2.05, 4.69) is 4.98 Å². The van der Waals surface area contributed by atoms with Crippen molar-refractivity contribution >= 4 is 75.9 Å². The molecular formula is C18H7Cl6NO. The molecule has 2 nitrogen and oxygen atoms in total. The molecular weight excluding hydrogens is 459 g/mol. The number of halogens is 6. The number of pyridine rings is 1. The van der Waals surface area contributed by atoms with E-state index < -0.39 is 0 Å². The molecule has 0 atom stereocenters. The zero-order valence-corrected chi connectivity index (χ0v) is 17.2. The van der Waals surface area contributed by atoms with Crippen LogP contribution in [0.3, 0.4) is 0 Å². The largest absolute Gasteiger partial charge is 0.296 e. The number of rotatable bonds is 3. The van der Waals surface area contributed by atoms with Gasteiger partial charge in [-0.3, -0.25) is 4.79 Å². The average Bonchev–Trinajstić information content (AvgIpc) is 2.63. The molecule has 0 saturated heterocycles. The Hall–Kier alpha value is -1.000. The fourth-order valence-corrected chi connectivity index (χ4v) is 3.90. The number of carbonyl (C=O) groups is 1. The van der Waals surface area contributed by atoms with Gasteiger partial charge in [-0.1, -0.05) is 69.6 Å². The summed E-state index contributed by atoms with van der Waals surface area (Å²) in [5.74, 6) is 0. The average molecular weight is 466 g/mol. The zero-order chi connectivity index (χ0) is 19.0. The van der Waals surface area contributed by atoms with Crippen molar-refractivity contribution in [1.82, 2.24) is 4.98 Å². The Kier molecular flexibility index (Phi) is 6.03. The van der Waals surface area contributed by atoms with Crippen LogP contribution in [-0.2, 0) is 0 Å². The minimum Gasteiger partial charge on any atom is -0.296 e. The van der Waals surface area contributed by atoms with Crippen LogP contribution in [-0.4, -0.2) is 11.3 Å². The van der Waals surface area contributed by atoms with Gasteiger partial charge in [0.05, 0.1) is 35.8 Å². The van der Waals surface area contributed by atoms with E-state index in [4.69, 9.17) is 69.6 Å². The lowest BCUT2D eigenvalue weighted by Crippen LogP contribution is -1.97. The molecule has 0 aliphatic heterocycles. The molecule has 0 radical (unpaired) electrons. The first-order chi connectivity index (χ1) is 12.3. The Morgan fingerprint density at radius 1 is 0.654 bits per heavy atom. The maximum Gasteiger partial charge on any atom is 0.169 e. The van der Waals surface area contributed by atoms with Gasteiger partial charge in [-0.25, -0.2) is 4.98 Å². The summed E-state index contributed by atoms with van der Waals surface area (Å²) in [5.41, 5.74) is 1.79. The number of nitrogens with zero attached hydrogens (tertiary/aromatic N) is 1. The lowest BCUT2D eigenvalue weighted by Gasteiger charge is -2.13. The van der Waals surface area contributed by atoms with Crippen molar-refractivity contribution in [3.63, 3.8) is 0 Å². The molecule has 0 aliphatic rings. The van der Waals surface area contributed by atoms with Crippen LogP contribution in [0.15, 0.2) is 36.4 Å². The Morgan fingerprint density at radius 2 is 1.15 bits per heavy atom. The molecule has 0 fully saturated rings. The molecule has 0 unspecified atom stereocenters. The molecule has 26 heavy (non-hydrogen) atoms. The van der Waals surface area contributed by atoms with Crippen molar-refractivity contribution in [3.05, 3.63) is 72.2 Å². The molecule has 8 heteroatoms. The van der Waals surface area contributed by atoms with Crippen LogP contribution >= 0.6 is 69.6 Å². The van der Waals surface area contributed by atoms with E-state index >= 15 is 0 Å². The van der Waals surface area contributed by atoms with Gasteiger partial charge in [0.25, 0.3) is 0 Å². The van der Waals surface area contributed by atoms with Gasteiger partial charge in [-0.05, 0) is 36.4 Å². The van der Waals surface area contributed by atoms with E-state index in [1.165, 1.54) is 0 Å². The SMILES string of the molecule is O=Cc1nc(-c2c(Cl)ccc(Cl)c2Cl)ccc1-c1c(Cl)ccc(Cl)c1Cl. The van der Waals surface area contributed by atoms with E-state index in [-0.39, 0.29) is 15.7 Å². The fourth-order valence-electron chi connectivity index (χ4n) is 2.45. The molecule has 0 amide bonds. The van der Waals surface area contributed by atoms with Gasteiger partial charge < -0.3 is 0 Å². The number of hydrogen-bond donors (Lipinski definition) is 0. The van der Waals surface area contributed by atoms with Crippen LogP contribution in [0, 0.1) is 0 Å². The lowest BCUT2D eigenvalue weighted by molar-refractivity contribution is 0.112. The first-order valence-corrected chi connectivity index (χ1v) is 9.36. The number of aromatic nitrogens is 1. The summed E-state index contributed by atoms with van der Waals surface area (Å²) >= 11 is 37.1. The maximum absolute atomic E-state index is 11.7. The highest BCUT2D eigenvalue weighted by Gasteiger charge is 2.19. The molecule has 0 saturated carbocycles. The van der Waals surface area contributed by atoms with Gasteiger partial charge >= 0.3 is 0 Å². The van der Waals surface area contributed by atoms with Crippen molar-refractivity contribution in [2.24, 2.45) is 0 Å². The summed E-state index contributed by atoms with van der Waals surface area (Å²) in [6.45, 7) is 0. The van der Waals surface area contributed by atoms with Crippen molar-refractivity contribution < 1.29 is 4.79 Å². The zero-order valence-electron chi connectivity index (χ0n) is 12.7. The Labute approximate surface area is 179 Å². The van der Waals surface area contributed by atoms with E-state index in [1.807, 2.05) is 0 Å². The number of aldehydes is 1. The van der Waals surface area contributed by atoms with Gasteiger partial charge in [-0.2, -0.15) is 0 Å². The van der Waals surface area contributed by atoms with Crippen LogP contribution in [0.4, 0.5) is 0 Å². The van der Waals surface area contributed by atoms with Crippen LogP contribution in [0.1, 0.15) is 10.5 Å². The predicted octanol–water partition coefficient (Wildman–Crippen LogP) is 8.15. The summed E-state index contributed by atoms with van der Waals surface area (Å²) in [5, 5.41) is 1.82. The smallest absolute Gasteiger partial charge is 0.169 e. The third-order valence-electron chi connectivity index (χ3n) is 3.65. The summed E-state index contributed by atoms with van der Waals surface area (Å²) in [6, 6.07) is 9.66. The maximum atomic E-state index is 11.7. The molecule has 0 aliphatic carbocycles. The van der Waals surface area contributed by atoms with Crippen LogP contribution in [0.5, 0.6) is 0 Å². The molecule has 1 aromatic heterocycles. The first kappa shape index (κ1) is 19.8. The van der Waals surface area contributed by atoms with Crippen LogP contribution in [0.25, 0.3) is 22.4 Å². The Morgan fingerprint density at radius 3 is 1.73 bits per heavy atom. The molecule has 0 spiro atoms. The highest BCUT2D eigenvalue weighted by atomic mass is 35.5. The second-order valence-corrected chi connectivity index (χ2v) is 7.57. The molecule has 132 valence electrons. The monoisotopic (exact) mass is 463 g/mol. The number of hydrogen-bond acceptors (Lipinski definition) is 2. The van der Waals surface area contributed by atoms with E-state index in [0.29, 0.717) is 48.8 Å². The van der Waals surface area contributed by atoms with Crippen molar-refractivity contribution in [1.29, 1.82) is 0 Å². The molecule has 3 rings (SSSR count). The molecule has 1 heterocycles. The molecule has 0 N–H and O–H groups in total. The summed E-state index contributed by atoms with van der Waals surface area (Å²) < 4.78 is 0. The summed E-state index contributed by atoms with van der Waals surface area (Å²) in [6.07, 6.45) is 0.596. The van der Waals surface area contributed by atoms with Gasteiger partial charge in [-0.15, -0.1) is 0 Å². The van der Waals surface area contributed by atoms with Gasteiger partial charge in [0, 0.05) is 16.7 Å². The quantitative estimate of drug-likeness (QED) is 0.288. The predicted molar refractivity (Wildman–Crippen MR) is 111 cm³/mol. The second kappa shape index (κ2) is 7.93. The highest BCUT2D eigenvalue weighted by Crippen LogP contribution is 2.42. The minimum atomic E-state index is 0.112. The Bertz CT molecular complexity index is 1030. The Balaban J connectivity index is 2.25. The van der Waals surface area contributed by atoms with Gasteiger partial charge in [0.15, 0.2) is 6.29 Å². The fraction of sp³-hybridized carbons (Fsp3) is 0. The normalized spacial score (nSPS) is 10.8.